The number of alkyl halides is 3. The van der Waals surface area contributed by atoms with E-state index in [0.717, 1.165) is 42.4 Å². The Morgan fingerprint density at radius 2 is 1.97 bits per heavy atom. The molecule has 0 saturated carbocycles. The Morgan fingerprint density at radius 3 is 2.58 bits per heavy atom. The molecule has 0 aliphatic heterocycles. The number of nitrogens with zero attached hydrogens (tertiary/aromatic N) is 1. The van der Waals surface area contributed by atoms with Gasteiger partial charge in [0.25, 0.3) is 0 Å². The highest BCUT2D eigenvalue weighted by molar-refractivity contribution is 7.16. The second-order valence-electron chi connectivity index (χ2n) is 6.77. The molecule has 0 saturated heterocycles. The van der Waals surface area contributed by atoms with Gasteiger partial charge >= 0.3 is 17.0 Å². The highest BCUT2D eigenvalue weighted by Gasteiger charge is 2.31. The zero-order valence-electron chi connectivity index (χ0n) is 16.7. The van der Waals surface area contributed by atoms with Crippen LogP contribution < -0.4 is 9.61 Å². The maximum absolute atomic E-state index is 13.0. The number of carbonyl (C=O) groups is 1. The molecule has 31 heavy (non-hydrogen) atoms. The number of ether oxygens (including phenoxy) is 2. The van der Waals surface area contributed by atoms with E-state index in [1.807, 2.05) is 6.92 Å². The van der Waals surface area contributed by atoms with Gasteiger partial charge in [-0.1, -0.05) is 36.3 Å². The quantitative estimate of drug-likeness (QED) is 0.405. The molecule has 5 nitrogen and oxygen atoms in total. The minimum absolute atomic E-state index is 0.124. The van der Waals surface area contributed by atoms with Crippen LogP contribution in [-0.4, -0.2) is 23.8 Å². The number of aromatic nitrogens is 1. The van der Waals surface area contributed by atoms with E-state index in [0.29, 0.717) is 22.4 Å². The Kier molecular flexibility index (Phi) is 6.96. The number of fused-ring (bicyclic) bond motifs is 1. The lowest BCUT2D eigenvalue weighted by molar-refractivity contribution is -0.149. The maximum atomic E-state index is 13.0. The Labute approximate surface area is 185 Å². The van der Waals surface area contributed by atoms with Crippen molar-refractivity contribution < 1.29 is 27.4 Å². The minimum Gasteiger partial charge on any atom is -0.479 e. The van der Waals surface area contributed by atoms with Crippen LogP contribution in [0.5, 0.6) is 5.75 Å². The number of hydrogen-bond donors (Lipinski definition) is 0. The molecule has 0 aliphatic rings. The first kappa shape index (κ1) is 23.1. The van der Waals surface area contributed by atoms with Gasteiger partial charge in [-0.15, -0.1) is 0 Å². The molecule has 1 unspecified atom stereocenters. The summed E-state index contributed by atoms with van der Waals surface area (Å²) >= 11 is 7.02. The smallest absolute Gasteiger partial charge is 0.416 e. The summed E-state index contributed by atoms with van der Waals surface area (Å²) in [6.07, 6.45) is -3.27. The lowest BCUT2D eigenvalue weighted by atomic mass is 10.1. The summed E-state index contributed by atoms with van der Waals surface area (Å²) in [5, 5.41) is -0.210. The Hall–Kier alpha value is -2.52. The molecule has 1 heterocycles. The number of esters is 1. The van der Waals surface area contributed by atoms with Crippen LogP contribution in [0.4, 0.5) is 13.2 Å². The van der Waals surface area contributed by atoms with Gasteiger partial charge in [-0.2, -0.15) is 13.2 Å². The van der Waals surface area contributed by atoms with E-state index in [1.165, 1.54) is 11.7 Å². The molecule has 3 aromatic rings. The number of hydrogen-bond acceptors (Lipinski definition) is 5. The van der Waals surface area contributed by atoms with E-state index in [-0.39, 0.29) is 10.7 Å². The van der Waals surface area contributed by atoms with Gasteiger partial charge in [-0.05, 0) is 43.2 Å². The maximum Gasteiger partial charge on any atom is 0.416 e. The molecule has 0 spiro atoms. The summed E-state index contributed by atoms with van der Waals surface area (Å²) in [4.78, 5) is 24.2. The predicted octanol–water partition coefficient (Wildman–Crippen LogP) is 5.84. The van der Waals surface area contributed by atoms with E-state index in [4.69, 9.17) is 21.1 Å². The molecule has 0 bridgehead atoms. The summed E-state index contributed by atoms with van der Waals surface area (Å²) in [5.41, 5.74) is -0.374. The fourth-order valence-corrected chi connectivity index (χ4v) is 4.20. The third-order valence-corrected chi connectivity index (χ3v) is 5.85. The standard InChI is InChI=1S/C21H19ClF3NO4S/c1-3-4-5-17(19(27)29-2)30-13-7-9-18-16(11-13)26(20(28)31-18)15-8-6-12(10-14(15)22)21(23,24)25/h6-11,17H,3-5H2,1-2H3. The highest BCUT2D eigenvalue weighted by Crippen LogP contribution is 2.34. The van der Waals surface area contributed by atoms with Gasteiger partial charge in [0.1, 0.15) is 5.75 Å². The fraction of sp³-hybridized carbons (Fsp3) is 0.333. The molecular formula is C21H19ClF3NO4S. The van der Waals surface area contributed by atoms with Crippen molar-refractivity contribution >= 4 is 39.1 Å². The highest BCUT2D eigenvalue weighted by atomic mass is 35.5. The van der Waals surface area contributed by atoms with E-state index in [2.05, 4.69) is 0 Å². The molecule has 166 valence electrons. The fourth-order valence-electron chi connectivity index (χ4n) is 3.07. The van der Waals surface area contributed by atoms with Gasteiger partial charge in [0, 0.05) is 6.07 Å². The molecule has 0 fully saturated rings. The average molecular weight is 474 g/mol. The largest absolute Gasteiger partial charge is 0.479 e. The zero-order valence-corrected chi connectivity index (χ0v) is 18.2. The van der Waals surface area contributed by atoms with Gasteiger partial charge in [-0.3, -0.25) is 9.36 Å². The topological polar surface area (TPSA) is 57.5 Å². The Bertz CT molecular complexity index is 1160. The van der Waals surface area contributed by atoms with Crippen molar-refractivity contribution in [2.24, 2.45) is 0 Å². The molecular weight excluding hydrogens is 455 g/mol. The van der Waals surface area contributed by atoms with Crippen LogP contribution in [0.1, 0.15) is 31.7 Å². The number of thiazole rings is 1. The van der Waals surface area contributed by atoms with E-state index >= 15 is 0 Å². The van der Waals surface area contributed by atoms with E-state index < -0.39 is 28.7 Å². The normalized spacial score (nSPS) is 12.7. The molecule has 3 rings (SSSR count). The molecule has 0 radical (unpaired) electrons. The monoisotopic (exact) mass is 473 g/mol. The van der Waals surface area contributed by atoms with Gasteiger partial charge in [0.15, 0.2) is 6.10 Å². The third kappa shape index (κ3) is 5.04. The van der Waals surface area contributed by atoms with Crippen LogP contribution in [0.15, 0.2) is 41.2 Å². The predicted molar refractivity (Wildman–Crippen MR) is 113 cm³/mol. The van der Waals surface area contributed by atoms with Crippen LogP contribution in [-0.2, 0) is 15.7 Å². The second-order valence-corrected chi connectivity index (χ2v) is 8.17. The van der Waals surface area contributed by atoms with Crippen molar-refractivity contribution in [1.82, 2.24) is 4.57 Å². The van der Waals surface area contributed by atoms with Gasteiger partial charge in [0.2, 0.25) is 0 Å². The molecule has 10 heteroatoms. The van der Waals surface area contributed by atoms with Crippen molar-refractivity contribution in [1.29, 1.82) is 0 Å². The van der Waals surface area contributed by atoms with Crippen LogP contribution in [0.3, 0.4) is 0 Å². The first-order chi connectivity index (χ1) is 14.7. The third-order valence-electron chi connectivity index (χ3n) is 4.63. The number of rotatable bonds is 7. The second kappa shape index (κ2) is 9.32. The van der Waals surface area contributed by atoms with Crippen LogP contribution in [0.25, 0.3) is 15.9 Å². The van der Waals surface area contributed by atoms with Crippen molar-refractivity contribution in [2.75, 3.05) is 7.11 Å². The first-order valence-electron chi connectivity index (χ1n) is 9.43. The van der Waals surface area contributed by atoms with Crippen molar-refractivity contribution in [2.45, 2.75) is 38.5 Å². The van der Waals surface area contributed by atoms with Crippen molar-refractivity contribution in [3.63, 3.8) is 0 Å². The molecule has 0 amide bonds. The summed E-state index contributed by atoms with van der Waals surface area (Å²) < 4.78 is 51.3. The molecule has 1 atom stereocenters. The minimum atomic E-state index is -4.55. The lowest BCUT2D eigenvalue weighted by Gasteiger charge is -2.17. The summed E-state index contributed by atoms with van der Waals surface area (Å²) in [7, 11) is 1.27. The Balaban J connectivity index is 2.04. The SMILES string of the molecule is CCCCC(Oc1ccc2sc(=O)n(-c3ccc(C(F)(F)F)cc3Cl)c2c1)C(=O)OC. The van der Waals surface area contributed by atoms with Crippen molar-refractivity contribution in [3.05, 3.63) is 56.7 Å². The van der Waals surface area contributed by atoms with Gasteiger partial charge in [0.05, 0.1) is 33.6 Å². The lowest BCUT2D eigenvalue weighted by Crippen LogP contribution is -2.28. The molecule has 2 aromatic carbocycles. The molecule has 1 aromatic heterocycles. The molecule has 0 N–H and O–H groups in total. The van der Waals surface area contributed by atoms with Crippen LogP contribution >= 0.6 is 22.9 Å². The summed E-state index contributed by atoms with van der Waals surface area (Å²) in [5.74, 6) is -0.185. The summed E-state index contributed by atoms with van der Waals surface area (Å²) in [6.45, 7) is 1.98. The van der Waals surface area contributed by atoms with Crippen LogP contribution in [0.2, 0.25) is 5.02 Å². The Morgan fingerprint density at radius 1 is 1.23 bits per heavy atom. The van der Waals surface area contributed by atoms with Crippen molar-refractivity contribution in [3.8, 4) is 11.4 Å². The number of unbranched alkanes of at least 4 members (excludes halogenated alkanes) is 1. The average Bonchev–Trinajstić information content (AvgIpc) is 3.04. The van der Waals surface area contributed by atoms with E-state index in [9.17, 15) is 22.8 Å². The molecule has 0 aliphatic carbocycles. The summed E-state index contributed by atoms with van der Waals surface area (Å²) in [6, 6.07) is 7.65. The number of halogens is 4. The van der Waals surface area contributed by atoms with Crippen LogP contribution in [0, 0.1) is 0 Å². The number of benzene rings is 2. The zero-order chi connectivity index (χ0) is 22.8. The van der Waals surface area contributed by atoms with E-state index in [1.54, 1.807) is 18.2 Å². The number of carbonyl (C=O) groups excluding carboxylic acids is 1. The van der Waals surface area contributed by atoms with Gasteiger partial charge < -0.3 is 9.47 Å². The van der Waals surface area contributed by atoms with Gasteiger partial charge in [-0.25, -0.2) is 4.79 Å². The first-order valence-corrected chi connectivity index (χ1v) is 10.6. The number of methoxy groups -OCH3 is 1.